The SMILES string of the molecule is CCC(C)C.COc1ccc(C=CC(=O)O)cc1. The summed E-state index contributed by atoms with van der Waals surface area (Å²) in [6.45, 7) is 6.64. The Hall–Kier alpha value is -1.77. The van der Waals surface area contributed by atoms with E-state index < -0.39 is 5.97 Å². The van der Waals surface area contributed by atoms with Crippen LogP contribution in [0.5, 0.6) is 5.75 Å². The predicted octanol–water partition coefficient (Wildman–Crippen LogP) is 3.85. The number of benzene rings is 1. The van der Waals surface area contributed by atoms with E-state index in [0.29, 0.717) is 0 Å². The number of rotatable bonds is 4. The lowest BCUT2D eigenvalue weighted by Gasteiger charge is -1.98. The molecule has 0 saturated heterocycles. The molecule has 1 aromatic carbocycles. The first-order valence-corrected chi connectivity index (χ1v) is 6.04. The predicted molar refractivity (Wildman–Crippen MR) is 74.8 cm³/mol. The highest BCUT2D eigenvalue weighted by atomic mass is 16.5. The molecule has 0 radical (unpaired) electrons. The highest BCUT2D eigenvalue weighted by molar-refractivity contribution is 5.85. The largest absolute Gasteiger partial charge is 0.497 e. The molecule has 0 saturated carbocycles. The first-order chi connectivity index (χ1) is 8.49. The fraction of sp³-hybridized carbons (Fsp3) is 0.400. The average Bonchev–Trinajstić information content (AvgIpc) is 2.37. The van der Waals surface area contributed by atoms with E-state index in [1.807, 2.05) is 0 Å². The average molecular weight is 250 g/mol. The molecule has 0 amide bonds. The molecule has 1 rings (SSSR count). The minimum atomic E-state index is -0.948. The first-order valence-electron chi connectivity index (χ1n) is 6.04. The second kappa shape index (κ2) is 9.28. The Balaban J connectivity index is 0.000000494. The summed E-state index contributed by atoms with van der Waals surface area (Å²) in [7, 11) is 1.59. The van der Waals surface area contributed by atoms with Crippen molar-refractivity contribution >= 4 is 12.0 Å². The van der Waals surface area contributed by atoms with Crippen molar-refractivity contribution in [3.63, 3.8) is 0 Å². The zero-order valence-corrected chi connectivity index (χ0v) is 11.5. The van der Waals surface area contributed by atoms with E-state index in [9.17, 15) is 4.79 Å². The molecule has 0 fully saturated rings. The molecule has 0 heterocycles. The van der Waals surface area contributed by atoms with Crippen molar-refractivity contribution in [2.75, 3.05) is 7.11 Å². The highest BCUT2D eigenvalue weighted by Gasteiger charge is 1.91. The minimum Gasteiger partial charge on any atom is -0.497 e. The molecule has 0 aromatic heterocycles. The summed E-state index contributed by atoms with van der Waals surface area (Å²) in [6.07, 6.45) is 3.93. The van der Waals surface area contributed by atoms with Crippen LogP contribution in [-0.4, -0.2) is 18.2 Å². The highest BCUT2D eigenvalue weighted by Crippen LogP contribution is 2.11. The normalized spacial score (nSPS) is 10.1. The monoisotopic (exact) mass is 250 g/mol. The van der Waals surface area contributed by atoms with Gasteiger partial charge in [0.25, 0.3) is 0 Å². The molecule has 0 aliphatic rings. The Kier molecular flexibility index (Phi) is 8.37. The number of hydrogen-bond donors (Lipinski definition) is 1. The van der Waals surface area contributed by atoms with Crippen LogP contribution in [-0.2, 0) is 4.79 Å². The maximum absolute atomic E-state index is 10.2. The molecule has 3 nitrogen and oxygen atoms in total. The molecular formula is C15H22O3. The van der Waals surface area contributed by atoms with Crippen molar-refractivity contribution in [2.24, 2.45) is 5.92 Å². The number of ether oxygens (including phenoxy) is 1. The van der Waals surface area contributed by atoms with Crippen molar-refractivity contribution in [2.45, 2.75) is 27.2 Å². The molecule has 1 N–H and O–H groups in total. The van der Waals surface area contributed by atoms with E-state index in [2.05, 4.69) is 20.8 Å². The van der Waals surface area contributed by atoms with Crippen molar-refractivity contribution in [3.8, 4) is 5.75 Å². The lowest BCUT2D eigenvalue weighted by Crippen LogP contribution is -1.86. The summed E-state index contributed by atoms with van der Waals surface area (Å²) in [5, 5.41) is 8.36. The number of carboxylic acids is 1. The Bertz CT molecular complexity index is 364. The van der Waals surface area contributed by atoms with E-state index in [0.717, 1.165) is 23.3 Å². The molecule has 3 heteroatoms. The van der Waals surface area contributed by atoms with Crippen LogP contribution in [0.1, 0.15) is 32.8 Å². The lowest BCUT2D eigenvalue weighted by molar-refractivity contribution is -0.131. The van der Waals surface area contributed by atoms with Gasteiger partial charge < -0.3 is 9.84 Å². The number of carbonyl (C=O) groups is 1. The van der Waals surface area contributed by atoms with Gasteiger partial charge in [0.1, 0.15) is 5.75 Å². The van der Waals surface area contributed by atoms with E-state index in [4.69, 9.17) is 9.84 Å². The smallest absolute Gasteiger partial charge is 0.328 e. The van der Waals surface area contributed by atoms with Crippen molar-refractivity contribution in [3.05, 3.63) is 35.9 Å². The van der Waals surface area contributed by atoms with E-state index >= 15 is 0 Å². The van der Waals surface area contributed by atoms with Crippen LogP contribution >= 0.6 is 0 Å². The van der Waals surface area contributed by atoms with Crippen molar-refractivity contribution in [1.29, 1.82) is 0 Å². The number of carboxylic acid groups (broad SMARTS) is 1. The summed E-state index contributed by atoms with van der Waals surface area (Å²) in [4.78, 5) is 10.2. The van der Waals surface area contributed by atoms with Gasteiger partial charge in [-0.1, -0.05) is 39.3 Å². The van der Waals surface area contributed by atoms with Crippen LogP contribution in [0.4, 0.5) is 0 Å². The van der Waals surface area contributed by atoms with E-state index in [1.165, 1.54) is 12.5 Å². The van der Waals surface area contributed by atoms with Crippen LogP contribution in [0.3, 0.4) is 0 Å². The molecule has 0 aliphatic carbocycles. The third-order valence-corrected chi connectivity index (χ3v) is 2.35. The molecular weight excluding hydrogens is 228 g/mol. The van der Waals surface area contributed by atoms with Crippen LogP contribution in [0, 0.1) is 5.92 Å². The van der Waals surface area contributed by atoms with Gasteiger partial charge >= 0.3 is 5.97 Å². The standard InChI is InChI=1S/C10H10O3.C5H12/c1-13-9-5-2-8(3-6-9)4-7-10(11)12;1-4-5(2)3/h2-7H,1H3,(H,11,12);5H,4H2,1-3H3. The third-order valence-electron chi connectivity index (χ3n) is 2.35. The quantitative estimate of drug-likeness (QED) is 0.826. The van der Waals surface area contributed by atoms with Crippen molar-refractivity contribution < 1.29 is 14.6 Å². The zero-order chi connectivity index (χ0) is 14.0. The fourth-order valence-electron chi connectivity index (χ4n) is 0.883. The Morgan fingerprint density at radius 1 is 1.33 bits per heavy atom. The van der Waals surface area contributed by atoms with Gasteiger partial charge in [0.05, 0.1) is 7.11 Å². The zero-order valence-electron chi connectivity index (χ0n) is 11.5. The minimum absolute atomic E-state index is 0.757. The van der Waals surface area contributed by atoms with Gasteiger partial charge in [-0.05, 0) is 29.7 Å². The number of hydrogen-bond acceptors (Lipinski definition) is 2. The molecule has 0 aliphatic heterocycles. The molecule has 18 heavy (non-hydrogen) atoms. The molecule has 0 bridgehead atoms. The third kappa shape index (κ3) is 8.39. The molecule has 0 spiro atoms. The van der Waals surface area contributed by atoms with Crippen molar-refractivity contribution in [1.82, 2.24) is 0 Å². The second-order valence-electron chi connectivity index (χ2n) is 4.25. The van der Waals surface area contributed by atoms with Crippen LogP contribution < -0.4 is 4.74 Å². The van der Waals surface area contributed by atoms with Crippen LogP contribution in [0.2, 0.25) is 0 Å². The van der Waals surface area contributed by atoms with Crippen LogP contribution in [0.25, 0.3) is 6.08 Å². The fourth-order valence-corrected chi connectivity index (χ4v) is 0.883. The van der Waals surface area contributed by atoms with Crippen LogP contribution in [0.15, 0.2) is 30.3 Å². The second-order valence-corrected chi connectivity index (χ2v) is 4.25. The number of methoxy groups -OCH3 is 1. The Morgan fingerprint density at radius 2 is 1.83 bits per heavy atom. The van der Waals surface area contributed by atoms with Gasteiger partial charge in [-0.15, -0.1) is 0 Å². The summed E-state index contributed by atoms with van der Waals surface area (Å²) >= 11 is 0. The Morgan fingerprint density at radius 3 is 2.17 bits per heavy atom. The van der Waals surface area contributed by atoms with Gasteiger partial charge in [-0.3, -0.25) is 0 Å². The van der Waals surface area contributed by atoms with Gasteiger partial charge in [-0.2, -0.15) is 0 Å². The summed E-state index contributed by atoms with van der Waals surface area (Å²) in [6, 6.07) is 7.14. The van der Waals surface area contributed by atoms with Gasteiger partial charge in [-0.25, -0.2) is 4.79 Å². The Labute approximate surface area is 109 Å². The maximum atomic E-state index is 10.2. The summed E-state index contributed by atoms with van der Waals surface area (Å²) < 4.78 is 4.95. The molecule has 0 unspecified atom stereocenters. The van der Waals surface area contributed by atoms with Gasteiger partial charge in [0, 0.05) is 6.08 Å². The number of aliphatic carboxylic acids is 1. The topological polar surface area (TPSA) is 46.5 Å². The molecule has 1 aromatic rings. The van der Waals surface area contributed by atoms with Gasteiger partial charge in [0.15, 0.2) is 0 Å². The lowest BCUT2D eigenvalue weighted by atomic mass is 10.2. The molecule has 0 atom stereocenters. The van der Waals surface area contributed by atoms with E-state index in [1.54, 1.807) is 31.4 Å². The molecule has 100 valence electrons. The van der Waals surface area contributed by atoms with Gasteiger partial charge in [0.2, 0.25) is 0 Å². The maximum Gasteiger partial charge on any atom is 0.328 e. The first kappa shape index (κ1) is 16.2. The van der Waals surface area contributed by atoms with E-state index in [-0.39, 0.29) is 0 Å². The summed E-state index contributed by atoms with van der Waals surface area (Å²) in [5.41, 5.74) is 0.836. The summed E-state index contributed by atoms with van der Waals surface area (Å²) in [5.74, 6) is 0.693.